The van der Waals surface area contributed by atoms with Crippen molar-refractivity contribution in [1.29, 1.82) is 0 Å². The molecular formula is C19H26N2O. The van der Waals surface area contributed by atoms with Gasteiger partial charge in [-0.2, -0.15) is 0 Å². The lowest BCUT2D eigenvalue weighted by Gasteiger charge is -2.09. The normalized spacial score (nSPS) is 11.4. The van der Waals surface area contributed by atoms with Gasteiger partial charge in [-0.25, -0.2) is 0 Å². The number of hydrogen-bond acceptors (Lipinski definition) is 2. The minimum atomic E-state index is -0.0123. The van der Waals surface area contributed by atoms with Crippen LogP contribution in [0.1, 0.15) is 44.7 Å². The molecule has 0 aliphatic carbocycles. The molecule has 1 aromatic carbocycles. The number of aromatic nitrogens is 1. The molecule has 1 heterocycles. The zero-order chi connectivity index (χ0) is 16.1. The SMILES string of the molecule is CC(C)CNCc1ccc(-c2ccc(C(C)C)cc2)[nH]c1=O. The third-order valence-corrected chi connectivity index (χ3v) is 3.75. The Morgan fingerprint density at radius 2 is 1.68 bits per heavy atom. The molecule has 3 nitrogen and oxygen atoms in total. The first-order valence-electron chi connectivity index (χ1n) is 8.00. The Hall–Kier alpha value is -1.87. The van der Waals surface area contributed by atoms with Crippen molar-refractivity contribution in [3.05, 3.63) is 57.9 Å². The molecule has 0 aliphatic rings. The minimum absolute atomic E-state index is 0.0123. The Balaban J connectivity index is 2.13. The Labute approximate surface area is 132 Å². The number of benzene rings is 1. The van der Waals surface area contributed by atoms with Crippen molar-refractivity contribution < 1.29 is 0 Å². The van der Waals surface area contributed by atoms with Gasteiger partial charge in [0.05, 0.1) is 0 Å². The molecule has 0 spiro atoms. The predicted molar refractivity (Wildman–Crippen MR) is 93.1 cm³/mol. The molecular weight excluding hydrogens is 272 g/mol. The zero-order valence-electron chi connectivity index (χ0n) is 13.9. The van der Waals surface area contributed by atoms with Crippen LogP contribution in [0.3, 0.4) is 0 Å². The summed E-state index contributed by atoms with van der Waals surface area (Å²) < 4.78 is 0. The molecule has 0 aliphatic heterocycles. The fourth-order valence-electron chi connectivity index (χ4n) is 2.35. The quantitative estimate of drug-likeness (QED) is 0.849. The van der Waals surface area contributed by atoms with Gasteiger partial charge in [-0.15, -0.1) is 0 Å². The van der Waals surface area contributed by atoms with Gasteiger partial charge in [-0.05, 0) is 35.6 Å². The van der Waals surface area contributed by atoms with Crippen molar-refractivity contribution in [3.63, 3.8) is 0 Å². The van der Waals surface area contributed by atoms with Gasteiger partial charge >= 0.3 is 0 Å². The van der Waals surface area contributed by atoms with E-state index in [2.05, 4.69) is 62.3 Å². The van der Waals surface area contributed by atoms with Crippen LogP contribution in [-0.4, -0.2) is 11.5 Å². The fourth-order valence-corrected chi connectivity index (χ4v) is 2.35. The average molecular weight is 298 g/mol. The van der Waals surface area contributed by atoms with Gasteiger partial charge in [-0.3, -0.25) is 4.79 Å². The zero-order valence-corrected chi connectivity index (χ0v) is 13.9. The summed E-state index contributed by atoms with van der Waals surface area (Å²) in [5, 5.41) is 3.30. The van der Waals surface area contributed by atoms with E-state index < -0.39 is 0 Å². The fraction of sp³-hybridized carbons (Fsp3) is 0.421. The van der Waals surface area contributed by atoms with Crippen LogP contribution in [0, 0.1) is 5.92 Å². The summed E-state index contributed by atoms with van der Waals surface area (Å²) in [7, 11) is 0. The average Bonchev–Trinajstić information content (AvgIpc) is 2.48. The Morgan fingerprint density at radius 3 is 2.23 bits per heavy atom. The standard InChI is InChI=1S/C19H26N2O/c1-13(2)11-20-12-17-9-10-18(21-19(17)22)16-7-5-15(6-8-16)14(3)4/h5-10,13-14,20H,11-12H2,1-4H3,(H,21,22). The van der Waals surface area contributed by atoms with Crippen LogP contribution in [0.25, 0.3) is 11.3 Å². The Bertz CT molecular complexity index is 654. The second-order valence-electron chi connectivity index (χ2n) is 6.53. The first-order valence-corrected chi connectivity index (χ1v) is 8.00. The van der Waals surface area contributed by atoms with E-state index in [0.717, 1.165) is 23.4 Å². The first-order chi connectivity index (χ1) is 10.5. The number of rotatable bonds is 6. The number of aromatic amines is 1. The van der Waals surface area contributed by atoms with Crippen LogP contribution in [0.4, 0.5) is 0 Å². The summed E-state index contributed by atoms with van der Waals surface area (Å²) in [6.07, 6.45) is 0. The van der Waals surface area contributed by atoms with Crippen molar-refractivity contribution in [3.8, 4) is 11.3 Å². The summed E-state index contributed by atoms with van der Waals surface area (Å²) in [5.41, 5.74) is 3.99. The Morgan fingerprint density at radius 1 is 1.00 bits per heavy atom. The van der Waals surface area contributed by atoms with Crippen LogP contribution >= 0.6 is 0 Å². The molecule has 3 heteroatoms. The topological polar surface area (TPSA) is 44.9 Å². The van der Waals surface area contributed by atoms with E-state index in [1.54, 1.807) is 0 Å². The van der Waals surface area contributed by atoms with Crippen molar-refractivity contribution in [2.45, 2.75) is 40.2 Å². The lowest BCUT2D eigenvalue weighted by atomic mass is 10.0. The first kappa shape index (κ1) is 16.5. The van der Waals surface area contributed by atoms with Gasteiger partial charge in [-0.1, -0.05) is 58.0 Å². The summed E-state index contributed by atoms with van der Waals surface area (Å²) in [4.78, 5) is 15.2. The van der Waals surface area contributed by atoms with Gasteiger partial charge < -0.3 is 10.3 Å². The maximum Gasteiger partial charge on any atom is 0.252 e. The van der Waals surface area contributed by atoms with Crippen molar-refractivity contribution in [2.75, 3.05) is 6.54 Å². The molecule has 118 valence electrons. The smallest absolute Gasteiger partial charge is 0.252 e. The molecule has 0 fully saturated rings. The summed E-state index contributed by atoms with van der Waals surface area (Å²) in [6.45, 7) is 10.2. The van der Waals surface area contributed by atoms with Crippen molar-refractivity contribution in [1.82, 2.24) is 10.3 Å². The molecule has 0 bridgehead atoms. The van der Waals surface area contributed by atoms with Crippen LogP contribution in [0.5, 0.6) is 0 Å². The highest BCUT2D eigenvalue weighted by Gasteiger charge is 2.05. The van der Waals surface area contributed by atoms with E-state index >= 15 is 0 Å². The summed E-state index contributed by atoms with van der Waals surface area (Å²) in [5.74, 6) is 1.10. The second kappa shape index (κ2) is 7.41. The van der Waals surface area contributed by atoms with Gasteiger partial charge in [0.25, 0.3) is 5.56 Å². The predicted octanol–water partition coefficient (Wildman–Crippen LogP) is 3.91. The number of hydrogen-bond donors (Lipinski definition) is 2. The molecule has 0 saturated carbocycles. The monoisotopic (exact) mass is 298 g/mol. The van der Waals surface area contributed by atoms with Crippen LogP contribution in [0.2, 0.25) is 0 Å². The summed E-state index contributed by atoms with van der Waals surface area (Å²) >= 11 is 0. The third-order valence-electron chi connectivity index (χ3n) is 3.75. The molecule has 2 N–H and O–H groups in total. The maximum absolute atomic E-state index is 12.2. The molecule has 2 aromatic rings. The number of H-pyrrole nitrogens is 1. The number of pyridine rings is 1. The van der Waals surface area contributed by atoms with Gasteiger partial charge in [0, 0.05) is 17.8 Å². The summed E-state index contributed by atoms with van der Waals surface area (Å²) in [6, 6.07) is 12.3. The van der Waals surface area contributed by atoms with Crippen molar-refractivity contribution in [2.24, 2.45) is 5.92 Å². The van der Waals surface area contributed by atoms with E-state index in [9.17, 15) is 4.79 Å². The highest BCUT2D eigenvalue weighted by Crippen LogP contribution is 2.20. The molecule has 1 aromatic heterocycles. The molecule has 0 saturated heterocycles. The molecule has 22 heavy (non-hydrogen) atoms. The van der Waals surface area contributed by atoms with E-state index in [1.807, 2.05) is 12.1 Å². The third kappa shape index (κ3) is 4.31. The Kier molecular flexibility index (Phi) is 5.56. The lowest BCUT2D eigenvalue weighted by Crippen LogP contribution is -2.24. The highest BCUT2D eigenvalue weighted by atomic mass is 16.1. The number of nitrogens with one attached hydrogen (secondary N) is 2. The minimum Gasteiger partial charge on any atom is -0.322 e. The highest BCUT2D eigenvalue weighted by molar-refractivity contribution is 5.59. The van der Waals surface area contributed by atoms with Crippen molar-refractivity contribution >= 4 is 0 Å². The molecule has 0 unspecified atom stereocenters. The molecule has 0 atom stereocenters. The van der Waals surface area contributed by atoms with E-state index in [1.165, 1.54) is 5.56 Å². The van der Waals surface area contributed by atoms with Crippen LogP contribution in [-0.2, 0) is 6.54 Å². The van der Waals surface area contributed by atoms with E-state index in [-0.39, 0.29) is 5.56 Å². The van der Waals surface area contributed by atoms with Crippen LogP contribution < -0.4 is 10.9 Å². The van der Waals surface area contributed by atoms with Gasteiger partial charge in [0.1, 0.15) is 0 Å². The molecule has 0 amide bonds. The molecule has 0 radical (unpaired) electrons. The van der Waals surface area contributed by atoms with Gasteiger partial charge in [0.15, 0.2) is 0 Å². The van der Waals surface area contributed by atoms with Gasteiger partial charge in [0.2, 0.25) is 0 Å². The lowest BCUT2D eigenvalue weighted by molar-refractivity contribution is 0.551. The maximum atomic E-state index is 12.2. The van der Waals surface area contributed by atoms with E-state index in [4.69, 9.17) is 0 Å². The second-order valence-corrected chi connectivity index (χ2v) is 6.53. The largest absolute Gasteiger partial charge is 0.322 e. The van der Waals surface area contributed by atoms with E-state index in [0.29, 0.717) is 18.4 Å². The van der Waals surface area contributed by atoms with Crippen LogP contribution in [0.15, 0.2) is 41.2 Å². The molecule has 2 rings (SSSR count).